The third-order valence-corrected chi connectivity index (χ3v) is 5.67. The molecule has 0 amide bonds. The Morgan fingerprint density at radius 3 is 2.59 bits per heavy atom. The molecule has 1 aromatic heterocycles. The van der Waals surface area contributed by atoms with E-state index in [-0.39, 0.29) is 0 Å². The lowest BCUT2D eigenvalue weighted by Gasteiger charge is -2.29. The van der Waals surface area contributed by atoms with Crippen LogP contribution in [0.15, 0.2) is 58.1 Å². The fraction of sp³-hybridized carbons (Fsp3) is 0.217. The van der Waals surface area contributed by atoms with Crippen molar-refractivity contribution >= 4 is 33.9 Å². The van der Waals surface area contributed by atoms with Gasteiger partial charge in [0, 0.05) is 28.7 Å². The second kappa shape index (κ2) is 10.2. The van der Waals surface area contributed by atoms with Gasteiger partial charge in [0.2, 0.25) is 5.95 Å². The lowest BCUT2D eigenvalue weighted by Crippen LogP contribution is -2.37. The summed E-state index contributed by atoms with van der Waals surface area (Å²) < 4.78 is 11.6. The molecule has 32 heavy (non-hydrogen) atoms. The SMILES string of the molecule is COc1ccc(-c2nc(N/N=C/c3ccccc3Br)nc(N3CCOCC3)c2C#N)cc1. The van der Waals surface area contributed by atoms with Gasteiger partial charge in [-0.1, -0.05) is 34.1 Å². The van der Waals surface area contributed by atoms with Crippen LogP contribution in [0.25, 0.3) is 11.3 Å². The van der Waals surface area contributed by atoms with Crippen molar-refractivity contribution in [1.82, 2.24) is 9.97 Å². The van der Waals surface area contributed by atoms with Crippen LogP contribution in [0, 0.1) is 11.3 Å². The molecule has 0 unspecified atom stereocenters. The summed E-state index contributed by atoms with van der Waals surface area (Å²) in [5, 5.41) is 14.3. The van der Waals surface area contributed by atoms with Crippen LogP contribution in [-0.4, -0.2) is 49.6 Å². The summed E-state index contributed by atoms with van der Waals surface area (Å²) in [4.78, 5) is 11.3. The second-order valence-electron chi connectivity index (χ2n) is 6.93. The van der Waals surface area contributed by atoms with E-state index in [4.69, 9.17) is 9.47 Å². The molecule has 162 valence electrons. The Morgan fingerprint density at radius 2 is 1.91 bits per heavy atom. The number of ether oxygens (including phenoxy) is 2. The average molecular weight is 493 g/mol. The zero-order valence-corrected chi connectivity index (χ0v) is 19.0. The Kier molecular flexibility index (Phi) is 6.94. The van der Waals surface area contributed by atoms with Gasteiger partial charge in [0.15, 0.2) is 5.82 Å². The number of hydrogen-bond acceptors (Lipinski definition) is 8. The number of hydrazone groups is 1. The van der Waals surface area contributed by atoms with E-state index in [1.54, 1.807) is 13.3 Å². The summed E-state index contributed by atoms with van der Waals surface area (Å²) in [5.41, 5.74) is 5.57. The third-order valence-electron chi connectivity index (χ3n) is 4.95. The minimum Gasteiger partial charge on any atom is -0.497 e. The van der Waals surface area contributed by atoms with Crippen LogP contribution in [0.2, 0.25) is 0 Å². The fourth-order valence-electron chi connectivity index (χ4n) is 3.30. The van der Waals surface area contributed by atoms with E-state index in [2.05, 4.69) is 42.5 Å². The van der Waals surface area contributed by atoms with Crippen molar-refractivity contribution < 1.29 is 9.47 Å². The van der Waals surface area contributed by atoms with Crippen molar-refractivity contribution in [3.05, 3.63) is 64.1 Å². The quantitative estimate of drug-likeness (QED) is 0.409. The van der Waals surface area contributed by atoms with Gasteiger partial charge in [0.05, 0.1) is 32.2 Å². The highest BCUT2D eigenvalue weighted by Crippen LogP contribution is 2.31. The highest BCUT2D eigenvalue weighted by molar-refractivity contribution is 9.10. The van der Waals surface area contributed by atoms with Gasteiger partial charge in [0.1, 0.15) is 17.4 Å². The topological polar surface area (TPSA) is 95.7 Å². The molecule has 1 aliphatic rings. The number of nitrogens with one attached hydrogen (secondary N) is 1. The molecule has 9 heteroatoms. The van der Waals surface area contributed by atoms with Crippen LogP contribution in [0.3, 0.4) is 0 Å². The predicted octanol–water partition coefficient (Wildman–Crippen LogP) is 4.07. The molecule has 0 bridgehead atoms. The summed E-state index contributed by atoms with van der Waals surface area (Å²) in [5.74, 6) is 1.60. The van der Waals surface area contributed by atoms with Crippen molar-refractivity contribution in [2.24, 2.45) is 5.10 Å². The summed E-state index contributed by atoms with van der Waals surface area (Å²) in [6, 6.07) is 17.5. The summed E-state index contributed by atoms with van der Waals surface area (Å²) >= 11 is 3.50. The standard InChI is InChI=1S/C23H21BrN6O2/c1-31-18-8-6-16(7-9-18)21-19(14-25)22(30-10-12-32-13-11-30)28-23(27-21)29-26-15-17-4-2-3-5-20(17)24/h2-9,15H,10-13H2,1H3,(H,27,28,29)/b26-15+. The molecule has 4 rings (SSSR count). The number of aromatic nitrogens is 2. The van der Waals surface area contributed by atoms with Gasteiger partial charge in [-0.15, -0.1) is 0 Å². The Labute approximate surface area is 194 Å². The normalized spacial score (nSPS) is 13.7. The van der Waals surface area contributed by atoms with Crippen LogP contribution in [-0.2, 0) is 4.74 Å². The molecule has 3 aromatic rings. The lowest BCUT2D eigenvalue weighted by atomic mass is 10.1. The number of anilines is 2. The van der Waals surface area contributed by atoms with Crippen LogP contribution >= 0.6 is 15.9 Å². The summed E-state index contributed by atoms with van der Waals surface area (Å²) in [6.45, 7) is 2.45. The maximum atomic E-state index is 9.97. The number of methoxy groups -OCH3 is 1. The van der Waals surface area contributed by atoms with Gasteiger partial charge in [-0.3, -0.25) is 0 Å². The molecule has 0 aliphatic carbocycles. The van der Waals surface area contributed by atoms with Gasteiger partial charge in [-0.2, -0.15) is 15.3 Å². The Hall–Kier alpha value is -3.48. The molecule has 1 aliphatic heterocycles. The van der Waals surface area contributed by atoms with E-state index in [1.807, 2.05) is 53.4 Å². The van der Waals surface area contributed by atoms with E-state index >= 15 is 0 Å². The van der Waals surface area contributed by atoms with Gasteiger partial charge in [-0.05, 0) is 30.3 Å². The van der Waals surface area contributed by atoms with Crippen molar-refractivity contribution in [1.29, 1.82) is 5.26 Å². The molecule has 0 atom stereocenters. The molecule has 8 nitrogen and oxygen atoms in total. The number of halogens is 1. The number of rotatable bonds is 6. The van der Waals surface area contributed by atoms with E-state index in [9.17, 15) is 5.26 Å². The van der Waals surface area contributed by atoms with Crippen LogP contribution < -0.4 is 15.1 Å². The zero-order valence-electron chi connectivity index (χ0n) is 17.5. The van der Waals surface area contributed by atoms with E-state index in [0.717, 1.165) is 21.3 Å². The Morgan fingerprint density at radius 1 is 1.16 bits per heavy atom. The monoisotopic (exact) mass is 492 g/mol. The molecule has 0 spiro atoms. The number of nitriles is 1. The van der Waals surface area contributed by atoms with Gasteiger partial charge in [-0.25, -0.2) is 10.4 Å². The van der Waals surface area contributed by atoms with Crippen molar-refractivity contribution in [2.75, 3.05) is 43.7 Å². The first-order valence-electron chi connectivity index (χ1n) is 10.0. The number of morpholine rings is 1. The molecule has 1 N–H and O–H groups in total. The molecule has 1 fully saturated rings. The maximum absolute atomic E-state index is 9.97. The van der Waals surface area contributed by atoms with Crippen molar-refractivity contribution in [3.8, 4) is 23.1 Å². The van der Waals surface area contributed by atoms with Crippen LogP contribution in [0.4, 0.5) is 11.8 Å². The number of nitrogens with zero attached hydrogens (tertiary/aromatic N) is 5. The minimum absolute atomic E-state index is 0.305. The first kappa shape index (κ1) is 21.7. The second-order valence-corrected chi connectivity index (χ2v) is 7.78. The molecular weight excluding hydrogens is 472 g/mol. The number of hydrogen-bond donors (Lipinski definition) is 1. The first-order valence-corrected chi connectivity index (χ1v) is 10.8. The van der Waals surface area contributed by atoms with E-state index in [0.29, 0.717) is 49.3 Å². The molecule has 2 heterocycles. The van der Waals surface area contributed by atoms with E-state index < -0.39 is 0 Å². The predicted molar refractivity (Wildman–Crippen MR) is 127 cm³/mol. The van der Waals surface area contributed by atoms with Crippen LogP contribution in [0.5, 0.6) is 5.75 Å². The third kappa shape index (κ3) is 4.88. The smallest absolute Gasteiger partial charge is 0.246 e. The fourth-order valence-corrected chi connectivity index (χ4v) is 3.69. The minimum atomic E-state index is 0.305. The maximum Gasteiger partial charge on any atom is 0.246 e. The zero-order chi connectivity index (χ0) is 22.3. The summed E-state index contributed by atoms with van der Waals surface area (Å²) in [7, 11) is 1.61. The molecule has 0 radical (unpaired) electrons. The van der Waals surface area contributed by atoms with Gasteiger partial charge >= 0.3 is 0 Å². The summed E-state index contributed by atoms with van der Waals surface area (Å²) in [6.07, 6.45) is 1.69. The van der Waals surface area contributed by atoms with Crippen molar-refractivity contribution in [2.45, 2.75) is 0 Å². The number of benzene rings is 2. The molecule has 2 aromatic carbocycles. The highest BCUT2D eigenvalue weighted by atomic mass is 79.9. The molecule has 1 saturated heterocycles. The first-order chi connectivity index (χ1) is 15.7. The average Bonchev–Trinajstić information content (AvgIpc) is 2.85. The van der Waals surface area contributed by atoms with Crippen LogP contribution in [0.1, 0.15) is 11.1 Å². The van der Waals surface area contributed by atoms with Gasteiger partial charge < -0.3 is 14.4 Å². The van der Waals surface area contributed by atoms with E-state index in [1.165, 1.54) is 0 Å². The lowest BCUT2D eigenvalue weighted by molar-refractivity contribution is 0.122. The Bertz CT molecular complexity index is 1150. The largest absolute Gasteiger partial charge is 0.497 e. The van der Waals surface area contributed by atoms with Crippen molar-refractivity contribution in [3.63, 3.8) is 0 Å². The molecular formula is C23H21BrN6O2. The van der Waals surface area contributed by atoms with Gasteiger partial charge in [0.25, 0.3) is 0 Å². The Balaban J connectivity index is 1.73. The highest BCUT2D eigenvalue weighted by Gasteiger charge is 2.22. The molecule has 0 saturated carbocycles.